The number of hydrogen-bond acceptors (Lipinski definition) is 4. The van der Waals surface area contributed by atoms with E-state index in [0.717, 1.165) is 0 Å². The van der Waals surface area contributed by atoms with Crippen molar-refractivity contribution in [2.24, 2.45) is 7.05 Å². The van der Waals surface area contributed by atoms with E-state index in [1.54, 1.807) is 7.05 Å². The normalized spacial score (nSPS) is 11.9. The van der Waals surface area contributed by atoms with Crippen molar-refractivity contribution in [3.8, 4) is 0 Å². The summed E-state index contributed by atoms with van der Waals surface area (Å²) in [6.07, 6.45) is 1.30. The van der Waals surface area contributed by atoms with Crippen LogP contribution in [0, 0.1) is 0 Å². The van der Waals surface area contributed by atoms with Crippen molar-refractivity contribution in [2.45, 2.75) is 5.03 Å². The molecule has 1 aromatic rings. The average molecular weight is 253 g/mol. The molecule has 0 amide bonds. The second-order valence-electron chi connectivity index (χ2n) is 2.92. The quantitative estimate of drug-likeness (QED) is 0.698. The molecule has 1 aromatic heterocycles. The molecule has 6 nitrogen and oxygen atoms in total. The minimum atomic E-state index is -3.57. The highest BCUT2D eigenvalue weighted by molar-refractivity contribution is 7.89. The summed E-state index contributed by atoms with van der Waals surface area (Å²) in [6.45, 7) is 0.856. The van der Waals surface area contributed by atoms with Crippen LogP contribution in [0.4, 0.5) is 0 Å². The van der Waals surface area contributed by atoms with Gasteiger partial charge in [-0.1, -0.05) is 11.6 Å². The van der Waals surface area contributed by atoms with Gasteiger partial charge in [-0.05, 0) is 7.05 Å². The Morgan fingerprint density at radius 3 is 2.67 bits per heavy atom. The Labute approximate surface area is 93.7 Å². The summed E-state index contributed by atoms with van der Waals surface area (Å²) in [7, 11) is -0.304. The first-order chi connectivity index (χ1) is 6.99. The highest BCUT2D eigenvalue weighted by Gasteiger charge is 2.21. The predicted molar refractivity (Wildman–Crippen MR) is 57.3 cm³/mol. The zero-order valence-corrected chi connectivity index (χ0v) is 10.1. The van der Waals surface area contributed by atoms with Crippen LogP contribution in [0.2, 0.25) is 5.02 Å². The van der Waals surface area contributed by atoms with Gasteiger partial charge < -0.3 is 5.32 Å². The molecule has 0 aromatic carbocycles. The lowest BCUT2D eigenvalue weighted by Crippen LogP contribution is -2.31. The molecule has 15 heavy (non-hydrogen) atoms. The molecule has 0 aliphatic rings. The van der Waals surface area contributed by atoms with Crippen LogP contribution < -0.4 is 10.0 Å². The fraction of sp³-hybridized carbons (Fsp3) is 0.571. The summed E-state index contributed by atoms with van der Waals surface area (Å²) in [5.41, 5.74) is 0. The van der Waals surface area contributed by atoms with Crippen molar-refractivity contribution in [3.05, 3.63) is 11.2 Å². The molecule has 0 saturated heterocycles. The van der Waals surface area contributed by atoms with E-state index in [4.69, 9.17) is 11.6 Å². The molecule has 0 aliphatic heterocycles. The van der Waals surface area contributed by atoms with Crippen LogP contribution in [0.15, 0.2) is 11.2 Å². The largest absolute Gasteiger partial charge is 0.318 e. The molecule has 0 unspecified atom stereocenters. The van der Waals surface area contributed by atoms with Crippen molar-refractivity contribution in [2.75, 3.05) is 20.1 Å². The van der Waals surface area contributed by atoms with E-state index in [1.165, 1.54) is 17.9 Å². The fourth-order valence-electron chi connectivity index (χ4n) is 1.08. The molecular formula is C7H13ClN4O2S. The zero-order chi connectivity index (χ0) is 11.5. The van der Waals surface area contributed by atoms with E-state index in [9.17, 15) is 8.42 Å². The first kappa shape index (κ1) is 12.4. The first-order valence-electron chi connectivity index (χ1n) is 4.31. The van der Waals surface area contributed by atoms with Crippen LogP contribution in [-0.2, 0) is 17.1 Å². The maximum atomic E-state index is 11.7. The molecule has 0 saturated carbocycles. The van der Waals surface area contributed by atoms with Crippen molar-refractivity contribution >= 4 is 21.6 Å². The Hall–Kier alpha value is -0.630. The van der Waals surface area contributed by atoms with Gasteiger partial charge in [0.25, 0.3) is 10.0 Å². The topological polar surface area (TPSA) is 76.0 Å². The van der Waals surface area contributed by atoms with Gasteiger partial charge in [0.1, 0.15) is 0 Å². The van der Waals surface area contributed by atoms with Crippen LogP contribution in [0.3, 0.4) is 0 Å². The highest BCUT2D eigenvalue weighted by Crippen LogP contribution is 2.18. The summed E-state index contributed by atoms with van der Waals surface area (Å²) in [6, 6.07) is 0. The van der Waals surface area contributed by atoms with Crippen LogP contribution in [0.1, 0.15) is 0 Å². The predicted octanol–water partition coefficient (Wildman–Crippen LogP) is -0.429. The second kappa shape index (κ2) is 4.93. The lowest BCUT2D eigenvalue weighted by molar-refractivity contribution is 0.561. The van der Waals surface area contributed by atoms with Gasteiger partial charge >= 0.3 is 0 Å². The molecule has 8 heteroatoms. The first-order valence-corrected chi connectivity index (χ1v) is 6.17. The molecule has 0 radical (unpaired) electrons. The summed E-state index contributed by atoms with van der Waals surface area (Å²) < 4.78 is 27.1. The van der Waals surface area contributed by atoms with E-state index >= 15 is 0 Å². The SMILES string of the molecule is CNCCNS(=O)(=O)c1c(Cl)cnn1C. The number of nitrogens with zero attached hydrogens (tertiary/aromatic N) is 2. The molecule has 2 N–H and O–H groups in total. The van der Waals surface area contributed by atoms with Gasteiger partial charge in [-0.25, -0.2) is 13.1 Å². The lowest BCUT2D eigenvalue weighted by Gasteiger charge is -2.06. The number of aryl methyl sites for hydroxylation is 1. The Kier molecular flexibility index (Phi) is 4.09. The third-order valence-electron chi connectivity index (χ3n) is 1.76. The van der Waals surface area contributed by atoms with Gasteiger partial charge in [0.05, 0.1) is 11.2 Å². The number of hydrogen-bond donors (Lipinski definition) is 2. The zero-order valence-electron chi connectivity index (χ0n) is 8.49. The smallest absolute Gasteiger partial charge is 0.259 e. The summed E-state index contributed by atoms with van der Waals surface area (Å²) in [5.74, 6) is 0. The van der Waals surface area contributed by atoms with E-state index < -0.39 is 10.0 Å². The number of nitrogens with one attached hydrogen (secondary N) is 2. The second-order valence-corrected chi connectivity index (χ2v) is 5.01. The molecular weight excluding hydrogens is 240 g/mol. The van der Waals surface area contributed by atoms with Crippen LogP contribution in [-0.4, -0.2) is 38.3 Å². The Balaban J connectivity index is 2.87. The molecule has 0 spiro atoms. The fourth-order valence-corrected chi connectivity index (χ4v) is 2.76. The number of aromatic nitrogens is 2. The van der Waals surface area contributed by atoms with Crippen LogP contribution >= 0.6 is 11.6 Å². The van der Waals surface area contributed by atoms with E-state index in [2.05, 4.69) is 15.1 Å². The maximum Gasteiger partial charge on any atom is 0.259 e. The molecule has 1 rings (SSSR count). The monoisotopic (exact) mass is 252 g/mol. The van der Waals surface area contributed by atoms with E-state index in [1.807, 2.05) is 0 Å². The summed E-state index contributed by atoms with van der Waals surface area (Å²) in [4.78, 5) is 0. The van der Waals surface area contributed by atoms with Crippen LogP contribution in [0.5, 0.6) is 0 Å². The van der Waals surface area contributed by atoms with Gasteiger partial charge in [-0.15, -0.1) is 0 Å². The van der Waals surface area contributed by atoms with Gasteiger partial charge in [0.2, 0.25) is 0 Å². The lowest BCUT2D eigenvalue weighted by atomic mass is 10.7. The van der Waals surface area contributed by atoms with E-state index in [-0.39, 0.29) is 10.0 Å². The Bertz CT molecular complexity index is 409. The molecule has 0 atom stereocenters. The van der Waals surface area contributed by atoms with Crippen LogP contribution in [0.25, 0.3) is 0 Å². The number of likely N-dealkylation sites (N-methyl/N-ethyl adjacent to an activating group) is 1. The number of halogens is 1. The van der Waals surface area contributed by atoms with Crippen molar-refractivity contribution in [1.82, 2.24) is 19.8 Å². The van der Waals surface area contributed by atoms with Gasteiger partial charge in [-0.3, -0.25) is 4.68 Å². The number of rotatable bonds is 5. The van der Waals surface area contributed by atoms with Gasteiger partial charge in [0.15, 0.2) is 5.03 Å². The summed E-state index contributed by atoms with van der Waals surface area (Å²) in [5, 5.41) is 6.70. The van der Waals surface area contributed by atoms with Crippen molar-refractivity contribution in [1.29, 1.82) is 0 Å². The van der Waals surface area contributed by atoms with Crippen molar-refractivity contribution in [3.63, 3.8) is 0 Å². The van der Waals surface area contributed by atoms with Crippen molar-refractivity contribution < 1.29 is 8.42 Å². The minimum Gasteiger partial charge on any atom is -0.318 e. The van der Waals surface area contributed by atoms with Gasteiger partial charge in [0, 0.05) is 20.1 Å². The molecule has 86 valence electrons. The number of sulfonamides is 1. The Morgan fingerprint density at radius 1 is 1.53 bits per heavy atom. The minimum absolute atomic E-state index is 0.0136. The molecule has 1 heterocycles. The highest BCUT2D eigenvalue weighted by atomic mass is 35.5. The average Bonchev–Trinajstić information content (AvgIpc) is 2.46. The Morgan fingerprint density at radius 2 is 2.20 bits per heavy atom. The third-order valence-corrected chi connectivity index (χ3v) is 3.73. The standard InChI is InChI=1S/C7H13ClN4O2S/c1-9-3-4-11-15(13,14)7-6(8)5-10-12(7)2/h5,9,11H,3-4H2,1-2H3. The molecule has 0 bridgehead atoms. The third kappa shape index (κ3) is 2.91. The summed E-state index contributed by atoms with van der Waals surface area (Å²) >= 11 is 5.72. The molecule has 0 fully saturated rings. The molecule has 0 aliphatic carbocycles. The van der Waals surface area contributed by atoms with Gasteiger partial charge in [-0.2, -0.15) is 5.10 Å². The maximum absolute atomic E-state index is 11.7. The van der Waals surface area contributed by atoms with E-state index in [0.29, 0.717) is 13.1 Å².